The molecule has 0 saturated carbocycles. The number of hydrogen-bond acceptors (Lipinski definition) is 2. The Balaban J connectivity index is 2.14. The smallest absolute Gasteiger partial charge is 0.277 e. The van der Waals surface area contributed by atoms with Crippen LogP contribution < -0.4 is 4.90 Å². The van der Waals surface area contributed by atoms with Crippen LogP contribution in [0.25, 0.3) is 0 Å². The molecule has 0 saturated heterocycles. The lowest BCUT2D eigenvalue weighted by atomic mass is 10.1. The Kier molecular flexibility index (Phi) is 4.31. The predicted molar refractivity (Wildman–Crippen MR) is 87.6 cm³/mol. The van der Waals surface area contributed by atoms with Crippen molar-refractivity contribution < 1.29 is 18.0 Å². The first-order valence-electron chi connectivity index (χ1n) is 7.43. The van der Waals surface area contributed by atoms with Crippen molar-refractivity contribution in [3.8, 4) is 0 Å². The van der Waals surface area contributed by atoms with E-state index in [9.17, 15) is 18.0 Å². The Labute approximate surface area is 142 Å². The summed E-state index contributed by atoms with van der Waals surface area (Å²) in [4.78, 5) is 14.2. The first-order chi connectivity index (χ1) is 11.9. The normalized spacial score (nSPS) is 11.4. The largest absolute Gasteiger partial charge is 0.435 e. The molecule has 0 aliphatic carbocycles. The summed E-state index contributed by atoms with van der Waals surface area (Å²) < 4.78 is 40.7. The van der Waals surface area contributed by atoms with Crippen molar-refractivity contribution >= 4 is 17.3 Å². The number of benzene rings is 2. The molecule has 0 atom stereocenters. The summed E-state index contributed by atoms with van der Waals surface area (Å²) in [5, 5.41) is 3.42. The summed E-state index contributed by atoms with van der Waals surface area (Å²) in [6, 6.07) is 17.0. The van der Waals surface area contributed by atoms with Gasteiger partial charge in [-0.05, 0) is 24.3 Å². The Morgan fingerprint density at radius 2 is 1.44 bits per heavy atom. The Morgan fingerprint density at radius 3 is 1.88 bits per heavy atom. The standard InChI is InChI=1S/C18H14F3N3O/c1-23-12-15(16(22-23)18(19,20)21)17(25)24(13-8-4-2-5-9-13)14-10-6-3-7-11-14/h2-12H,1H3. The van der Waals surface area contributed by atoms with E-state index in [1.807, 2.05) is 0 Å². The summed E-state index contributed by atoms with van der Waals surface area (Å²) in [6.07, 6.45) is -3.63. The van der Waals surface area contributed by atoms with Crippen LogP contribution in [0.15, 0.2) is 66.9 Å². The minimum Gasteiger partial charge on any atom is -0.277 e. The number of amides is 1. The fourth-order valence-electron chi connectivity index (χ4n) is 2.51. The average Bonchev–Trinajstić information content (AvgIpc) is 2.99. The van der Waals surface area contributed by atoms with Gasteiger partial charge in [-0.1, -0.05) is 36.4 Å². The van der Waals surface area contributed by atoms with Gasteiger partial charge >= 0.3 is 6.18 Å². The third-order valence-corrected chi connectivity index (χ3v) is 3.56. The van der Waals surface area contributed by atoms with E-state index in [-0.39, 0.29) is 0 Å². The van der Waals surface area contributed by atoms with Crippen LogP contribution in [0.5, 0.6) is 0 Å². The Bertz CT molecular complexity index is 834. The fraction of sp³-hybridized carbons (Fsp3) is 0.111. The molecule has 3 rings (SSSR count). The second-order valence-corrected chi connectivity index (χ2v) is 5.37. The number of carbonyl (C=O) groups excluding carboxylic acids is 1. The first-order valence-corrected chi connectivity index (χ1v) is 7.43. The van der Waals surface area contributed by atoms with Gasteiger partial charge in [-0.2, -0.15) is 18.3 Å². The van der Waals surface area contributed by atoms with Crippen LogP contribution in [0.2, 0.25) is 0 Å². The van der Waals surface area contributed by atoms with E-state index in [1.165, 1.54) is 11.9 Å². The molecule has 0 N–H and O–H groups in total. The number of halogens is 3. The predicted octanol–water partition coefficient (Wildman–Crippen LogP) is 4.42. The number of alkyl halides is 3. The zero-order chi connectivity index (χ0) is 18.0. The maximum absolute atomic E-state index is 13.2. The van der Waals surface area contributed by atoms with Gasteiger partial charge in [-0.3, -0.25) is 14.4 Å². The SMILES string of the molecule is Cn1cc(C(=O)N(c2ccccc2)c2ccccc2)c(C(F)(F)F)n1. The van der Waals surface area contributed by atoms with Crippen LogP contribution in [-0.4, -0.2) is 15.7 Å². The third-order valence-electron chi connectivity index (χ3n) is 3.56. The van der Waals surface area contributed by atoms with Crippen molar-refractivity contribution in [2.45, 2.75) is 6.18 Å². The highest BCUT2D eigenvalue weighted by Gasteiger charge is 2.40. The molecule has 1 heterocycles. The number of anilines is 2. The number of para-hydroxylation sites is 2. The van der Waals surface area contributed by atoms with Crippen molar-refractivity contribution in [3.63, 3.8) is 0 Å². The van der Waals surface area contributed by atoms with E-state index in [0.717, 1.165) is 10.9 Å². The van der Waals surface area contributed by atoms with Crippen molar-refractivity contribution in [1.82, 2.24) is 9.78 Å². The van der Waals surface area contributed by atoms with Gasteiger partial charge in [0, 0.05) is 24.6 Å². The van der Waals surface area contributed by atoms with Crippen molar-refractivity contribution in [2.24, 2.45) is 7.05 Å². The molecule has 0 radical (unpaired) electrons. The molecule has 25 heavy (non-hydrogen) atoms. The maximum atomic E-state index is 13.2. The maximum Gasteiger partial charge on any atom is 0.435 e. The van der Waals surface area contributed by atoms with Crippen LogP contribution in [0.3, 0.4) is 0 Å². The average molecular weight is 345 g/mol. The van der Waals surface area contributed by atoms with E-state index in [0.29, 0.717) is 11.4 Å². The highest BCUT2D eigenvalue weighted by Crippen LogP contribution is 2.34. The number of rotatable bonds is 3. The Hall–Kier alpha value is -3.09. The second kappa shape index (κ2) is 6.43. The van der Waals surface area contributed by atoms with E-state index in [4.69, 9.17) is 0 Å². The van der Waals surface area contributed by atoms with Gasteiger partial charge in [0.1, 0.15) is 0 Å². The van der Waals surface area contributed by atoms with Gasteiger partial charge in [0.05, 0.1) is 5.56 Å². The summed E-state index contributed by atoms with van der Waals surface area (Å²) in [5.74, 6) is -0.794. The van der Waals surface area contributed by atoms with E-state index >= 15 is 0 Å². The molecule has 4 nitrogen and oxygen atoms in total. The molecule has 0 spiro atoms. The molecular weight excluding hydrogens is 331 g/mol. The molecule has 1 amide bonds. The number of aryl methyl sites for hydroxylation is 1. The van der Waals surface area contributed by atoms with Crippen molar-refractivity contribution in [1.29, 1.82) is 0 Å². The molecule has 1 aromatic heterocycles. The lowest BCUT2D eigenvalue weighted by Crippen LogP contribution is -2.27. The fourth-order valence-corrected chi connectivity index (χ4v) is 2.51. The van der Waals surface area contributed by atoms with Crippen LogP contribution in [0, 0.1) is 0 Å². The van der Waals surface area contributed by atoms with Gasteiger partial charge < -0.3 is 0 Å². The minimum absolute atomic E-state index is 0.468. The molecule has 0 aliphatic heterocycles. The van der Waals surface area contributed by atoms with Gasteiger partial charge in [0.25, 0.3) is 5.91 Å². The summed E-state index contributed by atoms with van der Waals surface area (Å²) in [6.45, 7) is 0. The first kappa shape index (κ1) is 16.8. The summed E-state index contributed by atoms with van der Waals surface area (Å²) in [5.41, 5.74) is -0.758. The molecule has 0 unspecified atom stereocenters. The topological polar surface area (TPSA) is 38.1 Å². The van der Waals surface area contributed by atoms with Gasteiger partial charge in [0.2, 0.25) is 0 Å². The zero-order valence-electron chi connectivity index (χ0n) is 13.2. The van der Waals surface area contributed by atoms with E-state index in [1.54, 1.807) is 60.7 Å². The molecule has 0 bridgehead atoms. The van der Waals surface area contributed by atoms with Crippen LogP contribution in [0.4, 0.5) is 24.5 Å². The van der Waals surface area contributed by atoms with Crippen molar-refractivity contribution in [2.75, 3.05) is 4.90 Å². The van der Waals surface area contributed by atoms with Gasteiger partial charge in [-0.25, -0.2) is 0 Å². The molecule has 2 aromatic carbocycles. The zero-order valence-corrected chi connectivity index (χ0v) is 13.2. The minimum atomic E-state index is -4.72. The number of nitrogens with zero attached hydrogens (tertiary/aromatic N) is 3. The number of aromatic nitrogens is 2. The van der Waals surface area contributed by atoms with Gasteiger partial charge in [0.15, 0.2) is 5.69 Å². The molecule has 0 aliphatic rings. The van der Waals surface area contributed by atoms with Crippen LogP contribution in [0.1, 0.15) is 16.1 Å². The lowest BCUT2D eigenvalue weighted by Gasteiger charge is -2.23. The highest BCUT2D eigenvalue weighted by atomic mass is 19.4. The summed E-state index contributed by atoms with van der Waals surface area (Å²) >= 11 is 0. The molecule has 7 heteroatoms. The number of carbonyl (C=O) groups is 1. The van der Waals surface area contributed by atoms with Crippen LogP contribution in [-0.2, 0) is 13.2 Å². The molecular formula is C18H14F3N3O. The number of hydrogen-bond donors (Lipinski definition) is 0. The second-order valence-electron chi connectivity index (χ2n) is 5.37. The highest BCUT2D eigenvalue weighted by molar-refractivity contribution is 6.11. The molecule has 3 aromatic rings. The monoisotopic (exact) mass is 345 g/mol. The Morgan fingerprint density at radius 1 is 0.960 bits per heavy atom. The van der Waals surface area contributed by atoms with E-state index < -0.39 is 23.3 Å². The summed E-state index contributed by atoms with van der Waals surface area (Å²) in [7, 11) is 1.35. The lowest BCUT2D eigenvalue weighted by molar-refractivity contribution is -0.141. The molecule has 0 fully saturated rings. The van der Waals surface area contributed by atoms with Crippen molar-refractivity contribution in [3.05, 3.63) is 78.1 Å². The van der Waals surface area contributed by atoms with E-state index in [2.05, 4.69) is 5.10 Å². The third kappa shape index (κ3) is 3.40. The quantitative estimate of drug-likeness (QED) is 0.705. The van der Waals surface area contributed by atoms with Crippen LogP contribution >= 0.6 is 0 Å². The van der Waals surface area contributed by atoms with Gasteiger partial charge in [-0.15, -0.1) is 0 Å². The molecule has 128 valence electrons.